The lowest BCUT2D eigenvalue weighted by Crippen LogP contribution is -2.33. The number of ketones is 1. The Bertz CT molecular complexity index is 999. The number of hydrogen-bond donors (Lipinski definition) is 1. The van der Waals surface area contributed by atoms with Gasteiger partial charge in [-0.15, -0.1) is 0 Å². The van der Waals surface area contributed by atoms with Gasteiger partial charge in [0, 0.05) is 22.9 Å². The van der Waals surface area contributed by atoms with Crippen LogP contribution in [0.5, 0.6) is 0 Å². The van der Waals surface area contributed by atoms with Gasteiger partial charge >= 0.3 is 12.1 Å². The molecule has 0 aromatic carbocycles. The van der Waals surface area contributed by atoms with E-state index in [0.717, 1.165) is 21.5 Å². The maximum atomic E-state index is 12.2. The number of carboxylic acid groups (broad SMARTS) is 1. The SMILES string of the molecule is CC1C(=O)/C(=C/c2ccc(/C=C3\SC(=S)N(CC(=O)O)C3=O)o2)CC1=S.O=C=O. The second-order valence-corrected chi connectivity index (χ2v) is 8.08. The fourth-order valence-corrected chi connectivity index (χ4v) is 4.07. The third-order valence-electron chi connectivity index (χ3n) is 3.96. The maximum absolute atomic E-state index is 12.2. The Balaban J connectivity index is 0.000000941. The van der Waals surface area contributed by atoms with Gasteiger partial charge in [0.05, 0.1) is 10.8 Å². The largest absolute Gasteiger partial charge is 0.480 e. The Labute approximate surface area is 179 Å². The number of hydrogen-bond acceptors (Lipinski definition) is 9. The van der Waals surface area contributed by atoms with Gasteiger partial charge in [0.2, 0.25) is 0 Å². The molecule has 150 valence electrons. The molecule has 8 nitrogen and oxygen atoms in total. The molecule has 2 aliphatic rings. The summed E-state index contributed by atoms with van der Waals surface area (Å²) in [5.41, 5.74) is 0.608. The van der Waals surface area contributed by atoms with E-state index >= 15 is 0 Å². The highest BCUT2D eigenvalue weighted by Crippen LogP contribution is 2.33. The molecular weight excluding hydrogens is 438 g/mol. The quantitative estimate of drug-likeness (QED) is 0.539. The van der Waals surface area contributed by atoms with E-state index in [-0.39, 0.29) is 27.1 Å². The summed E-state index contributed by atoms with van der Waals surface area (Å²) in [5, 5.41) is 8.84. The molecule has 0 spiro atoms. The molecule has 1 aromatic heterocycles. The van der Waals surface area contributed by atoms with Crippen LogP contribution in [0.1, 0.15) is 24.9 Å². The highest BCUT2D eigenvalue weighted by atomic mass is 32.2. The van der Waals surface area contributed by atoms with Crippen LogP contribution in [0.25, 0.3) is 12.2 Å². The third-order valence-corrected chi connectivity index (χ3v) is 5.84. The average Bonchev–Trinajstić information content (AvgIpc) is 3.26. The van der Waals surface area contributed by atoms with E-state index in [4.69, 9.17) is 43.5 Å². The number of carboxylic acids is 1. The Morgan fingerprint density at radius 2 is 1.90 bits per heavy atom. The van der Waals surface area contributed by atoms with Gasteiger partial charge in [0.15, 0.2) is 5.78 Å². The van der Waals surface area contributed by atoms with Gasteiger partial charge in [0.1, 0.15) is 22.4 Å². The normalized spacial score (nSPS) is 21.6. The van der Waals surface area contributed by atoms with Crippen LogP contribution in [-0.4, -0.2) is 49.5 Å². The minimum Gasteiger partial charge on any atom is -0.480 e. The molecule has 3 rings (SSSR count). The Morgan fingerprint density at radius 3 is 2.41 bits per heavy atom. The van der Waals surface area contributed by atoms with Crippen LogP contribution in [0, 0.1) is 5.92 Å². The summed E-state index contributed by atoms with van der Waals surface area (Å²) in [5.74, 6) is -0.957. The van der Waals surface area contributed by atoms with Crippen molar-refractivity contribution in [1.82, 2.24) is 4.90 Å². The van der Waals surface area contributed by atoms with Gasteiger partial charge < -0.3 is 9.52 Å². The molecule has 0 bridgehead atoms. The molecule has 1 amide bonds. The molecule has 29 heavy (non-hydrogen) atoms. The molecule has 1 N–H and O–H groups in total. The molecule has 1 atom stereocenters. The number of furan rings is 1. The first kappa shape index (κ1) is 22.6. The zero-order valence-electron chi connectivity index (χ0n) is 14.9. The van der Waals surface area contributed by atoms with Crippen LogP contribution in [0.15, 0.2) is 27.0 Å². The van der Waals surface area contributed by atoms with Crippen molar-refractivity contribution in [3.8, 4) is 0 Å². The summed E-state index contributed by atoms with van der Waals surface area (Å²) in [6.45, 7) is 1.32. The van der Waals surface area contributed by atoms with Crippen LogP contribution in [0.2, 0.25) is 0 Å². The molecule has 2 heterocycles. The van der Waals surface area contributed by atoms with Gasteiger partial charge in [-0.25, -0.2) is 0 Å². The van der Waals surface area contributed by atoms with E-state index in [0.29, 0.717) is 23.5 Å². The van der Waals surface area contributed by atoms with Crippen LogP contribution >= 0.6 is 36.2 Å². The maximum Gasteiger partial charge on any atom is 0.373 e. The van der Waals surface area contributed by atoms with E-state index in [2.05, 4.69) is 0 Å². The highest BCUT2D eigenvalue weighted by Gasteiger charge is 2.33. The number of carbonyl (C=O) groups excluding carboxylic acids is 4. The summed E-state index contributed by atoms with van der Waals surface area (Å²) >= 11 is 11.2. The van der Waals surface area contributed by atoms with Gasteiger partial charge in [-0.1, -0.05) is 43.1 Å². The Kier molecular flexibility index (Phi) is 7.52. The molecule has 2 fully saturated rings. The first-order chi connectivity index (χ1) is 13.7. The smallest absolute Gasteiger partial charge is 0.373 e. The summed E-state index contributed by atoms with van der Waals surface area (Å²) in [6, 6.07) is 3.35. The number of aliphatic carboxylic acids is 1. The Hall–Kier alpha value is -2.72. The number of thioether (sulfide) groups is 1. The molecule has 1 aromatic rings. The molecule has 11 heteroatoms. The summed E-state index contributed by atoms with van der Waals surface area (Å²) < 4.78 is 5.83. The highest BCUT2D eigenvalue weighted by molar-refractivity contribution is 8.26. The van der Waals surface area contributed by atoms with Crippen molar-refractivity contribution in [2.75, 3.05) is 6.54 Å². The lowest BCUT2D eigenvalue weighted by Gasteiger charge is -2.09. The van der Waals surface area contributed by atoms with Crippen LogP contribution in [0.4, 0.5) is 0 Å². The van der Waals surface area contributed by atoms with Crippen molar-refractivity contribution in [2.45, 2.75) is 13.3 Å². The number of amides is 1. The van der Waals surface area contributed by atoms with Crippen molar-refractivity contribution >= 4 is 81.3 Å². The van der Waals surface area contributed by atoms with Crippen LogP contribution in [0.3, 0.4) is 0 Å². The number of allylic oxidation sites excluding steroid dienone is 1. The molecular formula is C18H13NO7S3. The van der Waals surface area contributed by atoms with Crippen molar-refractivity contribution in [2.24, 2.45) is 5.92 Å². The Morgan fingerprint density at radius 1 is 1.31 bits per heavy atom. The fourth-order valence-electron chi connectivity index (χ4n) is 2.57. The molecule has 0 radical (unpaired) electrons. The van der Waals surface area contributed by atoms with E-state index < -0.39 is 18.4 Å². The standard InChI is InChI=1S/C17H13NO5S3.CO2/c1-8-12(24)5-9(15(8)21)4-10-2-3-11(23-10)6-13-16(22)18(7-14(19)20)17(25)26-13;2-1-3/h2-4,6,8H,5,7H2,1H3,(H,19,20);/b9-4+,13-6-;. The molecule has 1 aliphatic carbocycles. The minimum absolute atomic E-state index is 0.00231. The number of nitrogens with zero attached hydrogens (tertiary/aromatic N) is 1. The van der Waals surface area contributed by atoms with Crippen molar-refractivity contribution in [3.63, 3.8) is 0 Å². The first-order valence-corrected chi connectivity index (χ1v) is 9.65. The van der Waals surface area contributed by atoms with E-state index in [1.54, 1.807) is 25.1 Å². The zero-order valence-corrected chi connectivity index (χ0v) is 17.3. The number of thiocarbonyl (C=S) groups is 2. The third kappa shape index (κ3) is 5.42. The second-order valence-electron chi connectivity index (χ2n) is 5.88. The summed E-state index contributed by atoms with van der Waals surface area (Å²) in [7, 11) is 0. The van der Waals surface area contributed by atoms with Crippen LogP contribution < -0.4 is 0 Å². The number of carbonyl (C=O) groups is 3. The number of Topliss-reactive ketones (excluding diaryl/α,β-unsaturated/α-hetero) is 1. The van der Waals surface area contributed by atoms with E-state index in [1.165, 1.54) is 6.08 Å². The minimum atomic E-state index is -1.14. The topological polar surface area (TPSA) is 122 Å². The van der Waals surface area contributed by atoms with Crippen LogP contribution in [-0.2, 0) is 24.0 Å². The predicted octanol–water partition coefficient (Wildman–Crippen LogP) is 2.34. The summed E-state index contributed by atoms with van der Waals surface area (Å²) in [4.78, 5) is 53.4. The van der Waals surface area contributed by atoms with Gasteiger partial charge in [-0.05, 0) is 18.2 Å². The van der Waals surface area contributed by atoms with Crippen molar-refractivity contribution in [1.29, 1.82) is 0 Å². The molecule has 1 aliphatic heterocycles. The zero-order chi connectivity index (χ0) is 21.7. The lowest BCUT2D eigenvalue weighted by molar-refractivity contribution is -0.191. The number of rotatable bonds is 4. The lowest BCUT2D eigenvalue weighted by atomic mass is 10.1. The van der Waals surface area contributed by atoms with E-state index in [9.17, 15) is 14.4 Å². The van der Waals surface area contributed by atoms with Crippen molar-refractivity contribution < 1.29 is 33.5 Å². The molecule has 1 saturated carbocycles. The van der Waals surface area contributed by atoms with E-state index in [1.807, 2.05) is 0 Å². The van der Waals surface area contributed by atoms with Gasteiger partial charge in [-0.3, -0.25) is 19.3 Å². The first-order valence-electron chi connectivity index (χ1n) is 8.01. The summed E-state index contributed by atoms with van der Waals surface area (Å²) in [6.07, 6.45) is 3.87. The molecule has 1 saturated heterocycles. The monoisotopic (exact) mass is 451 g/mol. The van der Waals surface area contributed by atoms with Crippen molar-refractivity contribution in [3.05, 3.63) is 34.1 Å². The fraction of sp³-hybridized carbons (Fsp3) is 0.222. The predicted molar refractivity (Wildman–Crippen MR) is 111 cm³/mol. The average molecular weight is 452 g/mol. The second kappa shape index (κ2) is 9.66. The molecule has 1 unspecified atom stereocenters. The van der Waals surface area contributed by atoms with Gasteiger partial charge in [-0.2, -0.15) is 9.59 Å². The van der Waals surface area contributed by atoms with Gasteiger partial charge in [0.25, 0.3) is 5.91 Å².